The fraction of sp³-hybridized carbons (Fsp3) is 0.333. The van der Waals surface area contributed by atoms with E-state index >= 15 is 0 Å². The molecule has 1 aromatic rings. The smallest absolute Gasteiger partial charge is 0.171 e. The lowest BCUT2D eigenvalue weighted by atomic mass is 10.1. The zero-order chi connectivity index (χ0) is 9.42. The average Bonchev–Trinajstić information content (AvgIpc) is 2.50. The van der Waals surface area contributed by atoms with Crippen molar-refractivity contribution in [3.05, 3.63) is 17.7 Å². The first-order valence-electron chi connectivity index (χ1n) is 4.02. The monoisotopic (exact) mass is 197 g/mol. The van der Waals surface area contributed by atoms with Crippen LogP contribution in [-0.4, -0.2) is 18.0 Å². The predicted octanol–water partition coefficient (Wildman–Crippen LogP) is 1.51. The highest BCUT2D eigenvalue weighted by Crippen LogP contribution is 2.43. The molecule has 0 bridgehead atoms. The van der Waals surface area contributed by atoms with Crippen LogP contribution in [0.25, 0.3) is 0 Å². The first-order valence-corrected chi connectivity index (χ1v) is 5.24. The molecule has 2 rings (SSSR count). The molecule has 0 saturated heterocycles. The number of nitrogens with two attached hydrogens (primary N) is 1. The van der Waals surface area contributed by atoms with Crippen LogP contribution in [0, 0.1) is 0 Å². The van der Waals surface area contributed by atoms with Crippen molar-refractivity contribution in [1.29, 1.82) is 0 Å². The predicted molar refractivity (Wildman–Crippen MR) is 52.3 cm³/mol. The number of hydrogen-bond donors (Lipinski definition) is 2. The zero-order valence-electron chi connectivity index (χ0n) is 7.28. The molecule has 0 fully saturated rings. The van der Waals surface area contributed by atoms with Crippen molar-refractivity contribution in [3.63, 3.8) is 0 Å². The minimum absolute atomic E-state index is 0.100. The summed E-state index contributed by atoms with van der Waals surface area (Å²) >= 11 is 1.49. The Morgan fingerprint density at radius 1 is 1.62 bits per heavy atom. The molecule has 0 aliphatic carbocycles. The highest BCUT2D eigenvalue weighted by molar-refractivity contribution is 7.98. The van der Waals surface area contributed by atoms with Crippen molar-refractivity contribution in [2.24, 2.45) is 5.73 Å². The molecule has 1 aliphatic heterocycles. The zero-order valence-corrected chi connectivity index (χ0v) is 8.10. The van der Waals surface area contributed by atoms with Gasteiger partial charge in [-0.2, -0.15) is 0 Å². The molecule has 1 aliphatic rings. The molecular formula is C9H11NO2S. The normalized spacial score (nSPS) is 19.7. The fourth-order valence-corrected chi connectivity index (χ4v) is 1.93. The summed E-state index contributed by atoms with van der Waals surface area (Å²) in [7, 11) is 0. The van der Waals surface area contributed by atoms with Crippen molar-refractivity contribution < 1.29 is 9.84 Å². The number of fused-ring (bicyclic) bond motifs is 1. The van der Waals surface area contributed by atoms with Crippen molar-refractivity contribution in [2.75, 3.05) is 12.9 Å². The minimum Gasteiger partial charge on any atom is -0.503 e. The number of hydrogen-bond acceptors (Lipinski definition) is 4. The third-order valence-electron chi connectivity index (χ3n) is 2.15. The number of benzene rings is 1. The Balaban J connectivity index is 2.54. The van der Waals surface area contributed by atoms with Gasteiger partial charge in [0.05, 0.1) is 10.9 Å². The average molecular weight is 197 g/mol. The summed E-state index contributed by atoms with van der Waals surface area (Å²) in [5.41, 5.74) is 6.66. The molecule has 1 atom stereocenters. The first kappa shape index (κ1) is 8.72. The van der Waals surface area contributed by atoms with E-state index < -0.39 is 0 Å². The Bertz CT molecular complexity index is 341. The van der Waals surface area contributed by atoms with Gasteiger partial charge >= 0.3 is 0 Å². The number of thioether (sulfide) groups is 1. The highest BCUT2D eigenvalue weighted by Gasteiger charge is 2.24. The maximum atomic E-state index is 9.73. The second-order valence-corrected chi connectivity index (χ2v) is 3.80. The van der Waals surface area contributed by atoms with E-state index in [2.05, 4.69) is 0 Å². The molecule has 13 heavy (non-hydrogen) atoms. The molecule has 1 heterocycles. The van der Waals surface area contributed by atoms with Gasteiger partial charge in [-0.05, 0) is 12.3 Å². The molecular weight excluding hydrogens is 186 g/mol. The van der Waals surface area contributed by atoms with E-state index in [0.29, 0.717) is 12.4 Å². The number of ether oxygens (including phenoxy) is 1. The van der Waals surface area contributed by atoms with E-state index in [1.807, 2.05) is 18.4 Å². The van der Waals surface area contributed by atoms with Gasteiger partial charge in [-0.1, -0.05) is 6.07 Å². The summed E-state index contributed by atoms with van der Waals surface area (Å²) in [6.07, 6.45) is 1.91. The maximum absolute atomic E-state index is 9.73. The van der Waals surface area contributed by atoms with Crippen molar-refractivity contribution in [2.45, 2.75) is 10.9 Å². The lowest BCUT2D eigenvalue weighted by molar-refractivity contribution is 0.314. The van der Waals surface area contributed by atoms with Crippen LogP contribution in [-0.2, 0) is 0 Å². The first-order chi connectivity index (χ1) is 6.24. The van der Waals surface area contributed by atoms with Crippen LogP contribution in [0.15, 0.2) is 17.0 Å². The molecule has 70 valence electrons. The molecule has 0 spiro atoms. The molecule has 4 heteroatoms. The quantitative estimate of drug-likeness (QED) is 0.670. The van der Waals surface area contributed by atoms with E-state index in [0.717, 1.165) is 10.5 Å². The van der Waals surface area contributed by atoms with E-state index in [1.54, 1.807) is 0 Å². The summed E-state index contributed by atoms with van der Waals surface area (Å²) in [5.74, 6) is 0.775. The van der Waals surface area contributed by atoms with E-state index in [1.165, 1.54) is 11.8 Å². The SMILES string of the molecule is CSc1ccc2c(c1O)OC[C@@H]2N. The Kier molecular flexibility index (Phi) is 2.09. The van der Waals surface area contributed by atoms with Gasteiger partial charge in [-0.15, -0.1) is 11.8 Å². The van der Waals surface area contributed by atoms with Crippen LogP contribution >= 0.6 is 11.8 Å². The third kappa shape index (κ3) is 1.26. The van der Waals surface area contributed by atoms with Gasteiger partial charge in [0.2, 0.25) is 0 Å². The van der Waals surface area contributed by atoms with Gasteiger partial charge in [0.15, 0.2) is 11.5 Å². The Morgan fingerprint density at radius 2 is 2.38 bits per heavy atom. The van der Waals surface area contributed by atoms with E-state index in [9.17, 15) is 5.11 Å². The summed E-state index contributed by atoms with van der Waals surface area (Å²) in [6.45, 7) is 0.459. The van der Waals surface area contributed by atoms with Crippen LogP contribution in [0.3, 0.4) is 0 Å². The van der Waals surface area contributed by atoms with Crippen LogP contribution in [0.4, 0.5) is 0 Å². The standard InChI is InChI=1S/C9H11NO2S/c1-13-7-3-2-5-6(10)4-12-9(5)8(7)11/h2-3,6,11H,4,10H2,1H3/t6-/m0/s1. The summed E-state index contributed by atoms with van der Waals surface area (Å²) in [5, 5.41) is 9.73. The molecule has 0 amide bonds. The van der Waals surface area contributed by atoms with Gasteiger partial charge in [0, 0.05) is 5.56 Å². The maximum Gasteiger partial charge on any atom is 0.171 e. The largest absolute Gasteiger partial charge is 0.503 e. The molecule has 3 N–H and O–H groups in total. The number of rotatable bonds is 1. The van der Waals surface area contributed by atoms with Gasteiger partial charge < -0.3 is 15.6 Å². The van der Waals surface area contributed by atoms with Crippen LogP contribution in [0.5, 0.6) is 11.5 Å². The van der Waals surface area contributed by atoms with Crippen LogP contribution in [0.1, 0.15) is 11.6 Å². The van der Waals surface area contributed by atoms with Gasteiger partial charge in [0.25, 0.3) is 0 Å². The number of phenols is 1. The fourth-order valence-electron chi connectivity index (χ4n) is 1.44. The van der Waals surface area contributed by atoms with Crippen molar-refractivity contribution in [1.82, 2.24) is 0 Å². The second kappa shape index (κ2) is 3.12. The van der Waals surface area contributed by atoms with E-state index in [4.69, 9.17) is 10.5 Å². The molecule has 0 saturated carbocycles. The third-order valence-corrected chi connectivity index (χ3v) is 2.92. The van der Waals surface area contributed by atoms with Gasteiger partial charge in [0.1, 0.15) is 6.61 Å². The van der Waals surface area contributed by atoms with Crippen LogP contribution in [0.2, 0.25) is 0 Å². The lowest BCUT2D eigenvalue weighted by Crippen LogP contribution is -2.10. The number of aromatic hydroxyl groups is 1. The molecule has 0 radical (unpaired) electrons. The Morgan fingerprint density at radius 3 is 3.08 bits per heavy atom. The Labute approximate surface area is 80.9 Å². The molecule has 0 unspecified atom stereocenters. The summed E-state index contributed by atoms with van der Waals surface area (Å²) in [4.78, 5) is 0.827. The summed E-state index contributed by atoms with van der Waals surface area (Å²) < 4.78 is 5.30. The molecule has 0 aromatic heterocycles. The van der Waals surface area contributed by atoms with Crippen molar-refractivity contribution in [3.8, 4) is 11.5 Å². The topological polar surface area (TPSA) is 55.5 Å². The second-order valence-electron chi connectivity index (χ2n) is 2.95. The van der Waals surface area contributed by atoms with Gasteiger partial charge in [-0.3, -0.25) is 0 Å². The van der Waals surface area contributed by atoms with Crippen molar-refractivity contribution >= 4 is 11.8 Å². The van der Waals surface area contributed by atoms with Gasteiger partial charge in [-0.25, -0.2) is 0 Å². The molecule has 1 aromatic carbocycles. The van der Waals surface area contributed by atoms with Crippen LogP contribution < -0.4 is 10.5 Å². The van der Waals surface area contributed by atoms with E-state index in [-0.39, 0.29) is 11.8 Å². The number of phenolic OH excluding ortho intramolecular Hbond substituents is 1. The lowest BCUT2D eigenvalue weighted by Gasteiger charge is -2.06. The highest BCUT2D eigenvalue weighted by atomic mass is 32.2. The Hall–Kier alpha value is -0.870. The minimum atomic E-state index is -0.100. The molecule has 3 nitrogen and oxygen atoms in total. The summed E-state index contributed by atoms with van der Waals surface area (Å²) in [6, 6.07) is 3.68.